The number of nitrogens with one attached hydrogen (secondary N) is 1. The van der Waals surface area contributed by atoms with Crippen LogP contribution in [0.5, 0.6) is 0 Å². The standard InChI is InChI=1S/C18H17ClN4O/c1-13-10-20-9-8-17(13)23-12-16(11-21-23)22-18(24)7-4-14-2-5-15(19)6-3-14/h2-3,5-6,8-12H,4,7H2,1H3,(H,22,24). The third kappa shape index (κ3) is 4.00. The summed E-state index contributed by atoms with van der Waals surface area (Å²) >= 11 is 5.85. The van der Waals surface area contributed by atoms with Crippen LogP contribution in [0.25, 0.3) is 5.69 Å². The first-order chi connectivity index (χ1) is 11.6. The van der Waals surface area contributed by atoms with Crippen LogP contribution in [0.4, 0.5) is 5.69 Å². The second-order valence-corrected chi connectivity index (χ2v) is 5.95. The van der Waals surface area contributed by atoms with E-state index in [2.05, 4.69) is 15.4 Å². The topological polar surface area (TPSA) is 59.8 Å². The summed E-state index contributed by atoms with van der Waals surface area (Å²) in [4.78, 5) is 16.1. The summed E-state index contributed by atoms with van der Waals surface area (Å²) in [6.45, 7) is 1.97. The summed E-state index contributed by atoms with van der Waals surface area (Å²) in [7, 11) is 0. The monoisotopic (exact) mass is 340 g/mol. The predicted octanol–water partition coefficient (Wildman–Crippen LogP) is 3.80. The Balaban J connectivity index is 1.59. The van der Waals surface area contributed by atoms with Gasteiger partial charge in [0.1, 0.15) is 0 Å². The molecule has 0 spiro atoms. The van der Waals surface area contributed by atoms with Crippen molar-refractivity contribution in [3.05, 3.63) is 71.3 Å². The van der Waals surface area contributed by atoms with E-state index < -0.39 is 0 Å². The molecule has 0 atom stereocenters. The van der Waals surface area contributed by atoms with Crippen LogP contribution >= 0.6 is 11.6 Å². The molecular weight excluding hydrogens is 324 g/mol. The minimum atomic E-state index is -0.0454. The average Bonchev–Trinajstić information content (AvgIpc) is 3.03. The number of carbonyl (C=O) groups excluding carboxylic acids is 1. The zero-order valence-corrected chi connectivity index (χ0v) is 14.0. The lowest BCUT2D eigenvalue weighted by Crippen LogP contribution is -2.11. The molecule has 0 aliphatic heterocycles. The van der Waals surface area contributed by atoms with Gasteiger partial charge in [-0.25, -0.2) is 4.68 Å². The zero-order chi connectivity index (χ0) is 16.9. The van der Waals surface area contributed by atoms with Crippen molar-refractivity contribution in [1.82, 2.24) is 14.8 Å². The summed E-state index contributed by atoms with van der Waals surface area (Å²) in [5.41, 5.74) is 3.71. The number of benzene rings is 1. The van der Waals surface area contributed by atoms with Crippen molar-refractivity contribution < 1.29 is 4.79 Å². The number of aromatic nitrogens is 3. The first-order valence-electron chi connectivity index (χ1n) is 7.62. The minimum absolute atomic E-state index is 0.0454. The Morgan fingerprint density at radius 3 is 2.75 bits per heavy atom. The second-order valence-electron chi connectivity index (χ2n) is 5.51. The zero-order valence-electron chi connectivity index (χ0n) is 13.2. The van der Waals surface area contributed by atoms with Crippen molar-refractivity contribution in [2.24, 2.45) is 0 Å². The summed E-state index contributed by atoms with van der Waals surface area (Å²) in [5, 5.41) is 7.85. The third-order valence-corrected chi connectivity index (χ3v) is 3.91. The number of aryl methyl sites for hydroxylation is 2. The highest BCUT2D eigenvalue weighted by molar-refractivity contribution is 6.30. The van der Waals surface area contributed by atoms with Gasteiger partial charge in [0.2, 0.25) is 5.91 Å². The maximum atomic E-state index is 12.1. The Hall–Kier alpha value is -2.66. The summed E-state index contributed by atoms with van der Waals surface area (Å²) in [6.07, 6.45) is 8.00. The molecule has 2 aromatic heterocycles. The van der Waals surface area contributed by atoms with E-state index in [-0.39, 0.29) is 5.91 Å². The van der Waals surface area contributed by atoms with Crippen LogP contribution in [-0.2, 0) is 11.2 Å². The number of hydrogen-bond acceptors (Lipinski definition) is 3. The SMILES string of the molecule is Cc1cnccc1-n1cc(NC(=O)CCc2ccc(Cl)cc2)cn1. The Kier molecular flexibility index (Phi) is 4.91. The number of carbonyl (C=O) groups is 1. The van der Waals surface area contributed by atoms with Gasteiger partial charge >= 0.3 is 0 Å². The van der Waals surface area contributed by atoms with E-state index in [0.29, 0.717) is 23.6 Å². The molecular formula is C18H17ClN4O. The molecule has 1 aromatic carbocycles. The molecule has 1 amide bonds. The van der Waals surface area contributed by atoms with Crippen LogP contribution in [0.15, 0.2) is 55.1 Å². The Bertz CT molecular complexity index is 842. The summed E-state index contributed by atoms with van der Waals surface area (Å²) in [6, 6.07) is 9.40. The first kappa shape index (κ1) is 16.2. The molecule has 0 radical (unpaired) electrons. The molecule has 24 heavy (non-hydrogen) atoms. The molecule has 122 valence electrons. The number of hydrogen-bond donors (Lipinski definition) is 1. The molecule has 0 aliphatic rings. The Morgan fingerprint density at radius 1 is 1.21 bits per heavy atom. The molecule has 3 aromatic rings. The predicted molar refractivity (Wildman–Crippen MR) is 94.5 cm³/mol. The molecule has 0 bridgehead atoms. The van der Waals surface area contributed by atoms with Crippen molar-refractivity contribution in [2.75, 3.05) is 5.32 Å². The smallest absolute Gasteiger partial charge is 0.224 e. The van der Waals surface area contributed by atoms with Crippen LogP contribution in [-0.4, -0.2) is 20.7 Å². The fourth-order valence-electron chi connectivity index (χ4n) is 2.37. The van der Waals surface area contributed by atoms with E-state index in [0.717, 1.165) is 16.8 Å². The fourth-order valence-corrected chi connectivity index (χ4v) is 2.50. The van der Waals surface area contributed by atoms with Crippen LogP contribution in [0.1, 0.15) is 17.5 Å². The minimum Gasteiger partial charge on any atom is -0.323 e. The van der Waals surface area contributed by atoms with Gasteiger partial charge in [0.05, 0.1) is 23.8 Å². The average molecular weight is 341 g/mol. The van der Waals surface area contributed by atoms with E-state index in [9.17, 15) is 4.79 Å². The molecule has 6 heteroatoms. The van der Waals surface area contributed by atoms with Crippen LogP contribution in [0, 0.1) is 6.92 Å². The van der Waals surface area contributed by atoms with Gasteiger partial charge in [0.25, 0.3) is 0 Å². The van der Waals surface area contributed by atoms with Crippen LogP contribution in [0.3, 0.4) is 0 Å². The van der Waals surface area contributed by atoms with E-state index in [1.54, 1.807) is 29.5 Å². The van der Waals surface area contributed by atoms with Gasteiger partial charge in [-0.1, -0.05) is 23.7 Å². The highest BCUT2D eigenvalue weighted by Crippen LogP contribution is 2.15. The van der Waals surface area contributed by atoms with Gasteiger partial charge in [0, 0.05) is 23.8 Å². The number of nitrogens with zero attached hydrogens (tertiary/aromatic N) is 3. The first-order valence-corrected chi connectivity index (χ1v) is 7.99. The molecule has 0 fully saturated rings. The highest BCUT2D eigenvalue weighted by Gasteiger charge is 2.07. The van der Waals surface area contributed by atoms with Gasteiger partial charge in [-0.05, 0) is 42.7 Å². The molecule has 0 saturated heterocycles. The lowest BCUT2D eigenvalue weighted by atomic mass is 10.1. The molecule has 3 rings (SSSR count). The normalized spacial score (nSPS) is 10.6. The fraction of sp³-hybridized carbons (Fsp3) is 0.167. The molecule has 0 unspecified atom stereocenters. The maximum Gasteiger partial charge on any atom is 0.224 e. The lowest BCUT2D eigenvalue weighted by molar-refractivity contribution is -0.116. The number of amides is 1. The highest BCUT2D eigenvalue weighted by atomic mass is 35.5. The number of pyridine rings is 1. The van der Waals surface area contributed by atoms with E-state index >= 15 is 0 Å². The number of rotatable bonds is 5. The van der Waals surface area contributed by atoms with Crippen LogP contribution < -0.4 is 5.32 Å². The summed E-state index contributed by atoms with van der Waals surface area (Å²) in [5.74, 6) is -0.0454. The van der Waals surface area contributed by atoms with Gasteiger partial charge in [-0.2, -0.15) is 5.10 Å². The van der Waals surface area contributed by atoms with E-state index in [1.165, 1.54) is 0 Å². The molecule has 2 heterocycles. The van der Waals surface area contributed by atoms with Crippen molar-refractivity contribution in [2.45, 2.75) is 19.8 Å². The summed E-state index contributed by atoms with van der Waals surface area (Å²) < 4.78 is 1.73. The molecule has 5 nitrogen and oxygen atoms in total. The third-order valence-electron chi connectivity index (χ3n) is 3.66. The van der Waals surface area contributed by atoms with Gasteiger partial charge in [-0.15, -0.1) is 0 Å². The van der Waals surface area contributed by atoms with E-state index in [4.69, 9.17) is 11.6 Å². The van der Waals surface area contributed by atoms with Gasteiger partial charge < -0.3 is 5.32 Å². The van der Waals surface area contributed by atoms with Gasteiger partial charge in [0.15, 0.2) is 0 Å². The largest absolute Gasteiger partial charge is 0.323 e. The quantitative estimate of drug-likeness (QED) is 0.768. The molecule has 1 N–H and O–H groups in total. The van der Waals surface area contributed by atoms with Crippen LogP contribution in [0.2, 0.25) is 5.02 Å². The van der Waals surface area contributed by atoms with Crippen molar-refractivity contribution in [3.63, 3.8) is 0 Å². The maximum absolute atomic E-state index is 12.1. The lowest BCUT2D eigenvalue weighted by Gasteiger charge is -2.04. The Labute approximate surface area is 145 Å². The van der Waals surface area contributed by atoms with E-state index in [1.807, 2.05) is 37.3 Å². The van der Waals surface area contributed by atoms with Crippen molar-refractivity contribution in [3.8, 4) is 5.69 Å². The second kappa shape index (κ2) is 7.27. The van der Waals surface area contributed by atoms with Crippen molar-refractivity contribution >= 4 is 23.2 Å². The number of halogens is 1. The molecule has 0 aliphatic carbocycles. The number of anilines is 1. The molecule has 0 saturated carbocycles. The van der Waals surface area contributed by atoms with Gasteiger partial charge in [-0.3, -0.25) is 9.78 Å². The Morgan fingerprint density at radius 2 is 2.00 bits per heavy atom. The van der Waals surface area contributed by atoms with Crippen molar-refractivity contribution in [1.29, 1.82) is 0 Å².